The van der Waals surface area contributed by atoms with Crippen LogP contribution in [0.15, 0.2) is 67.5 Å². The average molecular weight is 357 g/mol. The van der Waals surface area contributed by atoms with Crippen LogP contribution in [0, 0.1) is 13.8 Å². The molecule has 0 bridgehead atoms. The second-order valence-corrected chi connectivity index (χ2v) is 6.93. The van der Waals surface area contributed by atoms with Crippen LogP contribution in [0.5, 0.6) is 0 Å². The van der Waals surface area contributed by atoms with Gasteiger partial charge in [0.1, 0.15) is 18.5 Å². The number of hydrogen-bond donors (Lipinski definition) is 0. The van der Waals surface area contributed by atoms with E-state index in [0.717, 1.165) is 18.1 Å². The largest absolute Gasteiger partial charge is 0.330 e. The minimum atomic E-state index is 0.245. The Hall–Kier alpha value is -3.21. The first-order chi connectivity index (χ1) is 13.1. The van der Waals surface area contributed by atoms with Gasteiger partial charge in [-0.15, -0.1) is 0 Å². The van der Waals surface area contributed by atoms with E-state index in [1.165, 1.54) is 22.3 Å². The number of benzene rings is 2. The lowest BCUT2D eigenvalue weighted by Gasteiger charge is -2.18. The number of aryl methyl sites for hydroxylation is 1. The lowest BCUT2D eigenvalue weighted by molar-refractivity contribution is 0.687. The Morgan fingerprint density at radius 1 is 1.04 bits per heavy atom. The van der Waals surface area contributed by atoms with Crippen molar-refractivity contribution in [3.63, 3.8) is 0 Å². The molecule has 136 valence electrons. The highest BCUT2D eigenvalue weighted by Crippen LogP contribution is 2.27. The molecule has 0 aliphatic rings. The van der Waals surface area contributed by atoms with Crippen molar-refractivity contribution in [2.24, 2.45) is 0 Å². The van der Waals surface area contributed by atoms with E-state index in [4.69, 9.17) is 0 Å². The smallest absolute Gasteiger partial charge is 0.138 e. The van der Waals surface area contributed by atoms with E-state index >= 15 is 0 Å². The molecular weight excluding hydrogens is 334 g/mol. The molecule has 0 aliphatic carbocycles. The van der Waals surface area contributed by atoms with E-state index in [0.29, 0.717) is 0 Å². The number of hydrogen-bond acceptors (Lipinski definition) is 3. The molecule has 0 spiro atoms. The van der Waals surface area contributed by atoms with Gasteiger partial charge in [0.15, 0.2) is 0 Å². The fourth-order valence-electron chi connectivity index (χ4n) is 3.51. The summed E-state index contributed by atoms with van der Waals surface area (Å²) in [5, 5.41) is 4.17. The predicted octanol–water partition coefficient (Wildman–Crippen LogP) is 4.28. The second kappa shape index (κ2) is 7.19. The summed E-state index contributed by atoms with van der Waals surface area (Å²) in [5.74, 6) is 1.33. The van der Waals surface area contributed by atoms with Crippen LogP contribution in [0.25, 0.3) is 5.69 Å². The molecular formula is C22H23N5. The third-order valence-electron chi connectivity index (χ3n) is 5.22. The van der Waals surface area contributed by atoms with Crippen molar-refractivity contribution >= 4 is 0 Å². The molecule has 2 aromatic carbocycles. The Bertz CT molecular complexity index is 1030. The summed E-state index contributed by atoms with van der Waals surface area (Å²) in [5.41, 5.74) is 6.24. The highest BCUT2D eigenvalue weighted by molar-refractivity contribution is 5.38. The number of aromatic nitrogens is 5. The van der Waals surface area contributed by atoms with Crippen molar-refractivity contribution in [1.29, 1.82) is 0 Å². The van der Waals surface area contributed by atoms with Gasteiger partial charge >= 0.3 is 0 Å². The van der Waals surface area contributed by atoms with Gasteiger partial charge in [0.05, 0.1) is 5.69 Å². The van der Waals surface area contributed by atoms with E-state index in [9.17, 15) is 0 Å². The Morgan fingerprint density at radius 2 is 1.85 bits per heavy atom. The summed E-state index contributed by atoms with van der Waals surface area (Å²) in [4.78, 5) is 8.65. The molecule has 0 aliphatic heterocycles. The van der Waals surface area contributed by atoms with E-state index in [1.807, 2.05) is 6.20 Å². The summed E-state index contributed by atoms with van der Waals surface area (Å²) in [6, 6.07) is 14.9. The van der Waals surface area contributed by atoms with Crippen LogP contribution < -0.4 is 0 Å². The first-order valence-corrected chi connectivity index (χ1v) is 9.14. The van der Waals surface area contributed by atoms with Gasteiger partial charge < -0.3 is 4.57 Å². The third-order valence-corrected chi connectivity index (χ3v) is 5.22. The maximum atomic E-state index is 4.66. The Balaban J connectivity index is 1.58. The van der Waals surface area contributed by atoms with E-state index in [2.05, 4.69) is 89.1 Å². The standard InChI is InChI=1S/C22H23N5/c1-16-5-4-6-21(17(16)2)18(3)22-24-11-12-26(22)13-19-7-9-20(10-8-19)27-15-23-14-25-27/h4-12,14-15,18H,13H2,1-3H3/t18-/m0/s1. The zero-order valence-corrected chi connectivity index (χ0v) is 15.9. The molecule has 0 fully saturated rings. The molecule has 0 saturated carbocycles. The molecule has 0 saturated heterocycles. The normalized spacial score (nSPS) is 12.3. The second-order valence-electron chi connectivity index (χ2n) is 6.93. The lowest BCUT2D eigenvalue weighted by Crippen LogP contribution is -2.10. The fourth-order valence-corrected chi connectivity index (χ4v) is 3.51. The maximum absolute atomic E-state index is 4.66. The molecule has 0 N–H and O–H groups in total. The molecule has 27 heavy (non-hydrogen) atoms. The van der Waals surface area contributed by atoms with Gasteiger partial charge in [-0.3, -0.25) is 0 Å². The first-order valence-electron chi connectivity index (χ1n) is 9.14. The Morgan fingerprint density at radius 3 is 2.59 bits per heavy atom. The average Bonchev–Trinajstić information content (AvgIpc) is 3.36. The monoisotopic (exact) mass is 357 g/mol. The minimum Gasteiger partial charge on any atom is -0.330 e. The van der Waals surface area contributed by atoms with Crippen LogP contribution in [0.2, 0.25) is 0 Å². The molecule has 4 aromatic rings. The number of rotatable bonds is 5. The van der Waals surface area contributed by atoms with Crippen molar-refractivity contribution in [3.8, 4) is 5.69 Å². The summed E-state index contributed by atoms with van der Waals surface area (Å²) >= 11 is 0. The summed E-state index contributed by atoms with van der Waals surface area (Å²) in [7, 11) is 0. The minimum absolute atomic E-state index is 0.245. The van der Waals surface area contributed by atoms with Crippen LogP contribution in [0.3, 0.4) is 0 Å². The van der Waals surface area contributed by atoms with Crippen molar-refractivity contribution < 1.29 is 0 Å². The molecule has 1 atom stereocenters. The van der Waals surface area contributed by atoms with Crippen LogP contribution in [-0.4, -0.2) is 24.3 Å². The summed E-state index contributed by atoms with van der Waals surface area (Å²) in [6.45, 7) is 7.38. The van der Waals surface area contributed by atoms with E-state index < -0.39 is 0 Å². The van der Waals surface area contributed by atoms with E-state index in [-0.39, 0.29) is 5.92 Å². The van der Waals surface area contributed by atoms with Crippen LogP contribution in [0.1, 0.15) is 40.9 Å². The van der Waals surface area contributed by atoms with Gasteiger partial charge in [0.2, 0.25) is 0 Å². The Labute approximate surface area is 159 Å². The van der Waals surface area contributed by atoms with Crippen molar-refractivity contribution in [3.05, 3.63) is 95.6 Å². The molecule has 2 heterocycles. The van der Waals surface area contributed by atoms with Gasteiger partial charge in [-0.2, -0.15) is 5.10 Å². The van der Waals surface area contributed by atoms with Crippen molar-refractivity contribution in [2.45, 2.75) is 33.2 Å². The van der Waals surface area contributed by atoms with Crippen LogP contribution >= 0.6 is 0 Å². The molecule has 2 aromatic heterocycles. The molecule has 5 nitrogen and oxygen atoms in total. The fraction of sp³-hybridized carbons (Fsp3) is 0.227. The molecule has 5 heteroatoms. The third kappa shape index (κ3) is 3.40. The summed E-state index contributed by atoms with van der Waals surface area (Å²) in [6.07, 6.45) is 7.19. The SMILES string of the molecule is Cc1cccc([C@H](C)c2nccn2Cc2ccc(-n3cncn3)cc2)c1C. The van der Waals surface area contributed by atoms with Crippen molar-refractivity contribution in [1.82, 2.24) is 24.3 Å². The van der Waals surface area contributed by atoms with E-state index in [1.54, 1.807) is 17.3 Å². The highest BCUT2D eigenvalue weighted by Gasteiger charge is 2.17. The van der Waals surface area contributed by atoms with Crippen molar-refractivity contribution in [2.75, 3.05) is 0 Å². The summed E-state index contributed by atoms with van der Waals surface area (Å²) < 4.78 is 3.99. The quantitative estimate of drug-likeness (QED) is 0.536. The Kier molecular flexibility index (Phi) is 4.59. The number of imidazole rings is 1. The molecule has 0 unspecified atom stereocenters. The zero-order chi connectivity index (χ0) is 18.8. The zero-order valence-electron chi connectivity index (χ0n) is 15.9. The molecule has 0 radical (unpaired) electrons. The van der Waals surface area contributed by atoms with Gasteiger partial charge in [-0.25, -0.2) is 14.6 Å². The molecule has 4 rings (SSSR count). The van der Waals surface area contributed by atoms with Crippen LogP contribution in [-0.2, 0) is 6.54 Å². The van der Waals surface area contributed by atoms with Gasteiger partial charge in [0, 0.05) is 24.9 Å². The van der Waals surface area contributed by atoms with Crippen LogP contribution in [0.4, 0.5) is 0 Å². The lowest BCUT2D eigenvalue weighted by atomic mass is 9.93. The topological polar surface area (TPSA) is 48.5 Å². The van der Waals surface area contributed by atoms with Gasteiger partial charge in [-0.1, -0.05) is 37.3 Å². The van der Waals surface area contributed by atoms with Gasteiger partial charge in [-0.05, 0) is 48.2 Å². The first kappa shape index (κ1) is 17.2. The highest BCUT2D eigenvalue weighted by atomic mass is 15.3. The van der Waals surface area contributed by atoms with Gasteiger partial charge in [0.25, 0.3) is 0 Å². The molecule has 0 amide bonds. The maximum Gasteiger partial charge on any atom is 0.138 e. The number of nitrogens with zero attached hydrogens (tertiary/aromatic N) is 5. The predicted molar refractivity (Wildman–Crippen MR) is 106 cm³/mol.